The predicted molar refractivity (Wildman–Crippen MR) is 54.3 cm³/mol. The van der Waals surface area contributed by atoms with E-state index in [0.717, 1.165) is 11.7 Å². The van der Waals surface area contributed by atoms with E-state index in [1.54, 1.807) is 12.7 Å². The van der Waals surface area contributed by atoms with E-state index in [1.165, 1.54) is 24.8 Å². The number of hydrogen-bond acceptors (Lipinski definition) is 1. The lowest BCUT2D eigenvalue weighted by atomic mass is 9.99. The second-order valence-electron chi connectivity index (χ2n) is 3.71. The number of fused-ring (bicyclic) bond motifs is 1. The van der Waals surface area contributed by atoms with Gasteiger partial charge in [-0.2, -0.15) is 0 Å². The number of benzene rings is 1. The van der Waals surface area contributed by atoms with Crippen LogP contribution in [0.5, 0.6) is 5.75 Å². The summed E-state index contributed by atoms with van der Waals surface area (Å²) in [5.41, 5.74) is 3.04. The summed E-state index contributed by atoms with van der Waals surface area (Å²) in [4.78, 5) is 0. The number of methoxy groups -OCH3 is 1. The summed E-state index contributed by atoms with van der Waals surface area (Å²) in [5.74, 6) is 1.79. The fourth-order valence-electron chi connectivity index (χ4n) is 2.23. The zero-order chi connectivity index (χ0) is 9.26. The van der Waals surface area contributed by atoms with Gasteiger partial charge in [-0.25, -0.2) is 0 Å². The van der Waals surface area contributed by atoms with Crippen molar-refractivity contribution in [1.82, 2.24) is 0 Å². The Balaban J connectivity index is 2.34. The maximum atomic E-state index is 5.21. The van der Waals surface area contributed by atoms with Gasteiger partial charge in [-0.05, 0) is 48.4 Å². The van der Waals surface area contributed by atoms with Crippen molar-refractivity contribution in [3.63, 3.8) is 0 Å². The van der Waals surface area contributed by atoms with Crippen LogP contribution in [0, 0.1) is 0 Å². The molecular weight excluding hydrogens is 160 g/mol. The van der Waals surface area contributed by atoms with Gasteiger partial charge in [0.1, 0.15) is 5.75 Å². The molecule has 0 aliphatic heterocycles. The molecular formula is C12H16O. The SMILES string of the molecule is CCC1CCc2cc(OC)ccc21. The molecule has 1 aliphatic rings. The molecule has 1 heteroatoms. The molecule has 0 fully saturated rings. The van der Waals surface area contributed by atoms with E-state index in [0.29, 0.717) is 0 Å². The summed E-state index contributed by atoms with van der Waals surface area (Å²) in [6.45, 7) is 2.27. The van der Waals surface area contributed by atoms with Crippen molar-refractivity contribution in [3.05, 3.63) is 29.3 Å². The highest BCUT2D eigenvalue weighted by molar-refractivity contribution is 5.40. The van der Waals surface area contributed by atoms with E-state index in [1.807, 2.05) is 0 Å². The Labute approximate surface area is 79.7 Å². The summed E-state index contributed by atoms with van der Waals surface area (Å²) in [7, 11) is 1.73. The molecule has 2 rings (SSSR count). The normalized spacial score (nSPS) is 20.0. The van der Waals surface area contributed by atoms with Gasteiger partial charge in [-0.15, -0.1) is 0 Å². The lowest BCUT2D eigenvalue weighted by Crippen LogP contribution is -1.91. The van der Waals surface area contributed by atoms with Gasteiger partial charge in [-0.1, -0.05) is 13.0 Å². The Morgan fingerprint density at radius 3 is 3.00 bits per heavy atom. The zero-order valence-electron chi connectivity index (χ0n) is 8.34. The summed E-state index contributed by atoms with van der Waals surface area (Å²) in [5, 5.41) is 0. The molecule has 1 nitrogen and oxygen atoms in total. The fraction of sp³-hybridized carbons (Fsp3) is 0.500. The van der Waals surface area contributed by atoms with Crippen molar-refractivity contribution in [2.45, 2.75) is 32.1 Å². The molecule has 1 atom stereocenters. The van der Waals surface area contributed by atoms with E-state index < -0.39 is 0 Å². The number of rotatable bonds is 2. The minimum Gasteiger partial charge on any atom is -0.497 e. The highest BCUT2D eigenvalue weighted by Gasteiger charge is 2.20. The molecule has 0 N–H and O–H groups in total. The van der Waals surface area contributed by atoms with Crippen molar-refractivity contribution in [1.29, 1.82) is 0 Å². The third kappa shape index (κ3) is 1.43. The molecule has 0 saturated heterocycles. The monoisotopic (exact) mass is 176 g/mol. The van der Waals surface area contributed by atoms with Crippen molar-refractivity contribution >= 4 is 0 Å². The van der Waals surface area contributed by atoms with Crippen LogP contribution < -0.4 is 4.74 Å². The Morgan fingerprint density at radius 2 is 2.31 bits per heavy atom. The van der Waals surface area contributed by atoms with Crippen LogP contribution in [0.2, 0.25) is 0 Å². The van der Waals surface area contributed by atoms with Gasteiger partial charge in [0.15, 0.2) is 0 Å². The Hall–Kier alpha value is -0.980. The van der Waals surface area contributed by atoms with E-state index in [4.69, 9.17) is 4.74 Å². The predicted octanol–water partition coefficient (Wildman–Crippen LogP) is 3.14. The van der Waals surface area contributed by atoms with Gasteiger partial charge in [0, 0.05) is 0 Å². The summed E-state index contributed by atoms with van der Waals surface area (Å²) in [6, 6.07) is 6.49. The van der Waals surface area contributed by atoms with E-state index in [9.17, 15) is 0 Å². The van der Waals surface area contributed by atoms with Crippen molar-refractivity contribution in [2.24, 2.45) is 0 Å². The summed E-state index contributed by atoms with van der Waals surface area (Å²) >= 11 is 0. The van der Waals surface area contributed by atoms with Crippen LogP contribution in [0.15, 0.2) is 18.2 Å². The second kappa shape index (κ2) is 3.41. The largest absolute Gasteiger partial charge is 0.497 e. The first-order valence-electron chi connectivity index (χ1n) is 5.02. The first kappa shape index (κ1) is 8.61. The highest BCUT2D eigenvalue weighted by atomic mass is 16.5. The highest BCUT2D eigenvalue weighted by Crippen LogP contribution is 2.36. The van der Waals surface area contributed by atoms with Gasteiger partial charge in [0.2, 0.25) is 0 Å². The van der Waals surface area contributed by atoms with Gasteiger partial charge < -0.3 is 4.74 Å². The number of aryl methyl sites for hydroxylation is 1. The third-order valence-electron chi connectivity index (χ3n) is 3.04. The molecule has 0 saturated carbocycles. The van der Waals surface area contributed by atoms with E-state index in [2.05, 4.69) is 25.1 Å². The molecule has 1 aromatic carbocycles. The van der Waals surface area contributed by atoms with Gasteiger partial charge in [0.25, 0.3) is 0 Å². The minimum atomic E-state index is 0.793. The van der Waals surface area contributed by atoms with E-state index >= 15 is 0 Å². The van der Waals surface area contributed by atoms with Crippen LogP contribution in [0.1, 0.15) is 36.8 Å². The lowest BCUT2D eigenvalue weighted by molar-refractivity contribution is 0.414. The average Bonchev–Trinajstić information content (AvgIpc) is 2.59. The van der Waals surface area contributed by atoms with Crippen LogP contribution in [0.25, 0.3) is 0 Å². The number of ether oxygens (including phenoxy) is 1. The quantitative estimate of drug-likeness (QED) is 0.672. The van der Waals surface area contributed by atoms with Crippen molar-refractivity contribution in [3.8, 4) is 5.75 Å². The smallest absolute Gasteiger partial charge is 0.119 e. The standard InChI is InChI=1S/C12H16O/c1-3-9-4-5-10-8-11(13-2)6-7-12(9)10/h6-9H,3-5H2,1-2H3. The summed E-state index contributed by atoms with van der Waals surface area (Å²) < 4.78 is 5.21. The molecule has 1 aliphatic carbocycles. The third-order valence-corrected chi connectivity index (χ3v) is 3.04. The average molecular weight is 176 g/mol. The fourth-order valence-corrected chi connectivity index (χ4v) is 2.23. The Kier molecular flexibility index (Phi) is 2.26. The van der Waals surface area contributed by atoms with Crippen LogP contribution in [0.3, 0.4) is 0 Å². The number of hydrogen-bond donors (Lipinski definition) is 0. The Bertz CT molecular complexity index is 304. The zero-order valence-corrected chi connectivity index (χ0v) is 8.34. The lowest BCUT2D eigenvalue weighted by Gasteiger charge is -2.08. The molecule has 0 amide bonds. The molecule has 0 radical (unpaired) electrons. The molecule has 1 unspecified atom stereocenters. The van der Waals surface area contributed by atoms with E-state index in [-0.39, 0.29) is 0 Å². The van der Waals surface area contributed by atoms with Gasteiger partial charge in [-0.3, -0.25) is 0 Å². The maximum absolute atomic E-state index is 5.21. The topological polar surface area (TPSA) is 9.23 Å². The minimum absolute atomic E-state index is 0.793. The molecule has 0 aromatic heterocycles. The van der Waals surface area contributed by atoms with Gasteiger partial charge >= 0.3 is 0 Å². The van der Waals surface area contributed by atoms with Crippen molar-refractivity contribution < 1.29 is 4.74 Å². The van der Waals surface area contributed by atoms with Crippen LogP contribution in [-0.4, -0.2) is 7.11 Å². The molecule has 13 heavy (non-hydrogen) atoms. The molecule has 0 spiro atoms. The first-order chi connectivity index (χ1) is 6.35. The van der Waals surface area contributed by atoms with Gasteiger partial charge in [0.05, 0.1) is 7.11 Å². The van der Waals surface area contributed by atoms with Crippen molar-refractivity contribution in [2.75, 3.05) is 7.11 Å². The first-order valence-corrected chi connectivity index (χ1v) is 5.02. The van der Waals surface area contributed by atoms with Crippen LogP contribution in [0.4, 0.5) is 0 Å². The molecule has 70 valence electrons. The molecule has 0 bridgehead atoms. The summed E-state index contributed by atoms with van der Waals surface area (Å²) in [6.07, 6.45) is 3.81. The van der Waals surface area contributed by atoms with Crippen LogP contribution in [-0.2, 0) is 6.42 Å². The second-order valence-corrected chi connectivity index (χ2v) is 3.71. The van der Waals surface area contributed by atoms with Crippen LogP contribution >= 0.6 is 0 Å². The Morgan fingerprint density at radius 1 is 1.46 bits per heavy atom. The maximum Gasteiger partial charge on any atom is 0.119 e. The molecule has 1 aromatic rings. The molecule has 0 heterocycles.